The van der Waals surface area contributed by atoms with E-state index in [1.54, 1.807) is 4.90 Å². The van der Waals surface area contributed by atoms with E-state index in [-0.39, 0.29) is 12.2 Å². The third kappa shape index (κ3) is 3.72. The first-order chi connectivity index (χ1) is 8.99. The van der Waals surface area contributed by atoms with Crippen molar-refractivity contribution in [2.24, 2.45) is 5.92 Å². The summed E-state index contributed by atoms with van der Waals surface area (Å²) in [6.45, 7) is 5.21. The van der Waals surface area contributed by atoms with Crippen LogP contribution in [0.3, 0.4) is 0 Å². The molecule has 1 atom stereocenters. The number of allylic oxidation sites excluding steroid dienone is 2. The molecule has 0 radical (unpaired) electrons. The molecule has 1 heterocycles. The van der Waals surface area contributed by atoms with Crippen molar-refractivity contribution in [3.8, 4) is 0 Å². The van der Waals surface area contributed by atoms with Gasteiger partial charge in [-0.05, 0) is 46.0 Å². The number of nitrogens with zero attached hydrogens (tertiary/aromatic N) is 1. The second kappa shape index (κ2) is 5.95. The number of rotatable bonds is 2. The Kier molecular flexibility index (Phi) is 4.50. The Morgan fingerprint density at radius 2 is 1.95 bits per heavy atom. The highest BCUT2D eigenvalue weighted by Gasteiger charge is 2.35. The van der Waals surface area contributed by atoms with E-state index in [9.17, 15) is 9.90 Å². The molecule has 0 bridgehead atoms. The van der Waals surface area contributed by atoms with Gasteiger partial charge in [-0.25, -0.2) is 4.79 Å². The number of carbonyl (C=O) groups is 1. The van der Waals surface area contributed by atoms with E-state index in [1.807, 2.05) is 13.8 Å². The molecule has 1 N–H and O–H groups in total. The van der Waals surface area contributed by atoms with Crippen LogP contribution in [-0.2, 0) is 4.74 Å². The van der Waals surface area contributed by atoms with Gasteiger partial charge in [-0.2, -0.15) is 0 Å². The van der Waals surface area contributed by atoms with Crippen LogP contribution in [0.2, 0.25) is 0 Å². The van der Waals surface area contributed by atoms with Crippen LogP contribution >= 0.6 is 0 Å². The van der Waals surface area contributed by atoms with Crippen molar-refractivity contribution in [2.75, 3.05) is 13.1 Å². The third-order valence-corrected chi connectivity index (χ3v) is 4.33. The zero-order valence-electron chi connectivity index (χ0n) is 12.0. The molecule has 0 aromatic heterocycles. The van der Waals surface area contributed by atoms with Gasteiger partial charge in [0.05, 0.1) is 6.10 Å². The molecule has 4 heteroatoms. The first kappa shape index (κ1) is 14.4. The predicted octanol–water partition coefficient (Wildman–Crippen LogP) is 2.71. The summed E-state index contributed by atoms with van der Waals surface area (Å²) in [5.41, 5.74) is -0.419. The summed E-state index contributed by atoms with van der Waals surface area (Å²) in [7, 11) is 0. The minimum Gasteiger partial charge on any atom is -0.443 e. The minimum absolute atomic E-state index is 0.230. The fourth-order valence-corrected chi connectivity index (χ4v) is 2.85. The van der Waals surface area contributed by atoms with Crippen LogP contribution < -0.4 is 0 Å². The molecule has 2 aliphatic rings. The second-order valence-corrected chi connectivity index (χ2v) is 6.17. The minimum atomic E-state index is -0.419. The lowest BCUT2D eigenvalue weighted by Gasteiger charge is -2.37. The zero-order valence-corrected chi connectivity index (χ0v) is 12.0. The fourth-order valence-electron chi connectivity index (χ4n) is 2.85. The summed E-state index contributed by atoms with van der Waals surface area (Å²) in [4.78, 5) is 13.9. The van der Waals surface area contributed by atoms with Crippen molar-refractivity contribution in [3.63, 3.8) is 0 Å². The molecule has 108 valence electrons. The maximum absolute atomic E-state index is 12.2. The Labute approximate surface area is 115 Å². The standard InChI is InChI=1S/C15H25NO3/c1-15(2,12-6-4-3-5-7-12)19-14(18)16-10-8-13(17)9-11-16/h3-4,12-13,17H,5-11H2,1-2H3. The van der Waals surface area contributed by atoms with E-state index < -0.39 is 5.60 Å². The monoisotopic (exact) mass is 267 g/mol. The van der Waals surface area contributed by atoms with Crippen LogP contribution in [0.1, 0.15) is 46.0 Å². The van der Waals surface area contributed by atoms with Crippen molar-refractivity contribution >= 4 is 6.09 Å². The Morgan fingerprint density at radius 3 is 2.53 bits per heavy atom. The van der Waals surface area contributed by atoms with E-state index in [0.29, 0.717) is 31.8 Å². The van der Waals surface area contributed by atoms with Crippen molar-refractivity contribution in [1.82, 2.24) is 4.90 Å². The van der Waals surface area contributed by atoms with Crippen LogP contribution in [0.25, 0.3) is 0 Å². The van der Waals surface area contributed by atoms with Gasteiger partial charge in [0.2, 0.25) is 0 Å². The van der Waals surface area contributed by atoms with E-state index in [4.69, 9.17) is 4.74 Å². The molecule has 1 saturated heterocycles. The molecule has 0 aromatic carbocycles. The summed E-state index contributed by atoms with van der Waals surface area (Å²) in [6.07, 6.45) is 8.33. The lowest BCUT2D eigenvalue weighted by atomic mass is 9.81. The number of likely N-dealkylation sites (tertiary alicyclic amines) is 1. The average Bonchev–Trinajstić information content (AvgIpc) is 2.40. The van der Waals surface area contributed by atoms with Crippen LogP contribution in [0.5, 0.6) is 0 Å². The number of ether oxygens (including phenoxy) is 1. The molecule has 1 aliphatic carbocycles. The topological polar surface area (TPSA) is 49.8 Å². The fraction of sp³-hybridized carbons (Fsp3) is 0.800. The Bertz CT molecular complexity index is 343. The third-order valence-electron chi connectivity index (χ3n) is 4.33. The first-order valence-corrected chi connectivity index (χ1v) is 7.30. The highest BCUT2D eigenvalue weighted by molar-refractivity contribution is 5.68. The first-order valence-electron chi connectivity index (χ1n) is 7.30. The zero-order chi connectivity index (χ0) is 13.9. The number of piperidine rings is 1. The Balaban J connectivity index is 1.88. The highest BCUT2D eigenvalue weighted by Crippen LogP contribution is 2.32. The molecular weight excluding hydrogens is 242 g/mol. The molecule has 1 fully saturated rings. The number of amides is 1. The van der Waals surface area contributed by atoms with Gasteiger partial charge in [0.15, 0.2) is 0 Å². The molecule has 2 rings (SSSR count). The van der Waals surface area contributed by atoms with Gasteiger partial charge in [0, 0.05) is 19.0 Å². The summed E-state index contributed by atoms with van der Waals surface area (Å²) in [5.74, 6) is 0.400. The SMILES string of the molecule is CC(C)(OC(=O)N1CCC(O)CC1)C1CC=CCC1. The summed E-state index contributed by atoms with van der Waals surface area (Å²) >= 11 is 0. The number of hydrogen-bond donors (Lipinski definition) is 1. The maximum atomic E-state index is 12.2. The van der Waals surface area contributed by atoms with Crippen molar-refractivity contribution in [3.05, 3.63) is 12.2 Å². The lowest BCUT2D eigenvalue weighted by Crippen LogP contribution is -2.45. The van der Waals surface area contributed by atoms with Gasteiger partial charge in [0.1, 0.15) is 5.60 Å². The van der Waals surface area contributed by atoms with Gasteiger partial charge in [0.25, 0.3) is 0 Å². The van der Waals surface area contributed by atoms with E-state index in [2.05, 4.69) is 12.2 Å². The molecule has 1 aliphatic heterocycles. The number of aliphatic hydroxyl groups is 1. The summed E-state index contributed by atoms with van der Waals surface area (Å²) < 4.78 is 5.72. The molecule has 0 aromatic rings. The largest absolute Gasteiger partial charge is 0.443 e. The average molecular weight is 267 g/mol. The van der Waals surface area contributed by atoms with Gasteiger partial charge in [-0.15, -0.1) is 0 Å². The Hall–Kier alpha value is -1.03. The smallest absolute Gasteiger partial charge is 0.410 e. The highest BCUT2D eigenvalue weighted by atomic mass is 16.6. The van der Waals surface area contributed by atoms with E-state index >= 15 is 0 Å². The molecule has 1 amide bonds. The van der Waals surface area contributed by atoms with Crippen LogP contribution in [-0.4, -0.2) is 40.9 Å². The molecule has 0 saturated carbocycles. The molecule has 4 nitrogen and oxygen atoms in total. The van der Waals surface area contributed by atoms with Gasteiger partial charge in [-0.3, -0.25) is 0 Å². The van der Waals surface area contributed by atoms with Gasteiger partial charge < -0.3 is 14.7 Å². The molecule has 1 unspecified atom stereocenters. The normalized spacial score (nSPS) is 25.4. The Morgan fingerprint density at radius 1 is 1.26 bits per heavy atom. The van der Waals surface area contributed by atoms with Crippen molar-refractivity contribution in [1.29, 1.82) is 0 Å². The summed E-state index contributed by atoms with van der Waals surface area (Å²) in [5, 5.41) is 9.46. The lowest BCUT2D eigenvalue weighted by molar-refractivity contribution is -0.0336. The van der Waals surface area contributed by atoms with E-state index in [0.717, 1.165) is 19.3 Å². The number of hydrogen-bond acceptors (Lipinski definition) is 3. The second-order valence-electron chi connectivity index (χ2n) is 6.17. The molecular formula is C15H25NO3. The van der Waals surface area contributed by atoms with Crippen LogP contribution in [0, 0.1) is 5.92 Å². The summed E-state index contributed by atoms with van der Waals surface area (Å²) in [6, 6.07) is 0. The van der Waals surface area contributed by atoms with Gasteiger partial charge in [-0.1, -0.05) is 12.2 Å². The van der Waals surface area contributed by atoms with Crippen molar-refractivity contribution in [2.45, 2.75) is 57.7 Å². The van der Waals surface area contributed by atoms with E-state index in [1.165, 1.54) is 0 Å². The van der Waals surface area contributed by atoms with Crippen LogP contribution in [0.4, 0.5) is 4.79 Å². The quantitative estimate of drug-likeness (QED) is 0.783. The molecule has 0 spiro atoms. The van der Waals surface area contributed by atoms with Gasteiger partial charge >= 0.3 is 6.09 Å². The van der Waals surface area contributed by atoms with Crippen LogP contribution in [0.15, 0.2) is 12.2 Å². The molecule has 19 heavy (non-hydrogen) atoms. The maximum Gasteiger partial charge on any atom is 0.410 e. The number of aliphatic hydroxyl groups excluding tert-OH is 1. The predicted molar refractivity (Wildman–Crippen MR) is 73.9 cm³/mol. The van der Waals surface area contributed by atoms with Crippen molar-refractivity contribution < 1.29 is 14.6 Å². The number of carbonyl (C=O) groups excluding carboxylic acids is 1.